The second-order valence-electron chi connectivity index (χ2n) is 6.02. The molecule has 1 aliphatic heterocycles. The van der Waals surface area contributed by atoms with Crippen LogP contribution in [0.5, 0.6) is 5.75 Å². The molecular formula is C19H21ClN2O3. The van der Waals surface area contributed by atoms with Crippen LogP contribution in [0.1, 0.15) is 11.6 Å². The average molecular weight is 361 g/mol. The molecule has 5 nitrogen and oxygen atoms in total. The molecule has 1 saturated heterocycles. The molecule has 6 heteroatoms. The van der Waals surface area contributed by atoms with Gasteiger partial charge in [-0.3, -0.25) is 4.90 Å². The van der Waals surface area contributed by atoms with Crippen molar-refractivity contribution in [3.05, 3.63) is 59.1 Å². The van der Waals surface area contributed by atoms with Gasteiger partial charge in [0.05, 0.1) is 7.11 Å². The Morgan fingerprint density at radius 3 is 2.40 bits per heavy atom. The maximum Gasteiger partial charge on any atom is 0.327 e. The summed E-state index contributed by atoms with van der Waals surface area (Å²) in [6.45, 7) is 3.04. The highest BCUT2D eigenvalue weighted by atomic mass is 35.5. The van der Waals surface area contributed by atoms with Gasteiger partial charge in [-0.25, -0.2) is 4.79 Å². The maximum absolute atomic E-state index is 12.4. The number of carbonyl (C=O) groups excluding carboxylic acids is 1. The number of aromatic hydroxyl groups is 1. The lowest BCUT2D eigenvalue weighted by atomic mass is 10.0. The summed E-state index contributed by atoms with van der Waals surface area (Å²) in [6, 6.07) is 14.1. The van der Waals surface area contributed by atoms with Gasteiger partial charge in [-0.15, -0.1) is 0 Å². The number of hydrogen-bond donors (Lipinski definition) is 1. The molecule has 1 aliphatic rings. The van der Waals surface area contributed by atoms with E-state index < -0.39 is 6.04 Å². The minimum atomic E-state index is -0.453. The van der Waals surface area contributed by atoms with Gasteiger partial charge in [-0.1, -0.05) is 23.7 Å². The highest BCUT2D eigenvalue weighted by Gasteiger charge is 2.31. The van der Waals surface area contributed by atoms with E-state index in [1.54, 1.807) is 18.2 Å². The summed E-state index contributed by atoms with van der Waals surface area (Å²) < 4.78 is 5.02. The summed E-state index contributed by atoms with van der Waals surface area (Å²) in [5.74, 6) is -0.0190. The van der Waals surface area contributed by atoms with Crippen LogP contribution in [0.15, 0.2) is 48.5 Å². The minimum absolute atomic E-state index is 0.258. The van der Waals surface area contributed by atoms with Gasteiger partial charge in [-0.05, 0) is 42.0 Å². The highest BCUT2D eigenvalue weighted by Crippen LogP contribution is 2.27. The Morgan fingerprint density at radius 1 is 1.12 bits per heavy atom. The Hall–Kier alpha value is -2.24. The normalized spacial score (nSPS) is 16.5. The number of hydrogen-bond acceptors (Lipinski definition) is 5. The van der Waals surface area contributed by atoms with Crippen LogP contribution in [0.2, 0.25) is 5.02 Å². The van der Waals surface area contributed by atoms with Crippen LogP contribution in [0.4, 0.5) is 5.69 Å². The molecule has 3 rings (SSSR count). The number of methoxy groups -OCH3 is 1. The van der Waals surface area contributed by atoms with Crippen molar-refractivity contribution < 1.29 is 14.6 Å². The van der Waals surface area contributed by atoms with Gasteiger partial charge in [0.1, 0.15) is 11.8 Å². The Kier molecular flexibility index (Phi) is 5.46. The number of phenolic OH excluding ortho intramolecular Hbond substituents is 1. The summed E-state index contributed by atoms with van der Waals surface area (Å²) in [5, 5.41) is 10.0. The second-order valence-corrected chi connectivity index (χ2v) is 6.46. The lowest BCUT2D eigenvalue weighted by Crippen LogP contribution is -2.49. The summed E-state index contributed by atoms with van der Waals surface area (Å²) in [6.07, 6.45) is 0. The van der Waals surface area contributed by atoms with E-state index in [-0.39, 0.29) is 11.7 Å². The number of anilines is 1. The van der Waals surface area contributed by atoms with Crippen LogP contribution in [0.25, 0.3) is 0 Å². The zero-order valence-electron chi connectivity index (χ0n) is 14.1. The van der Waals surface area contributed by atoms with Crippen LogP contribution < -0.4 is 4.90 Å². The van der Waals surface area contributed by atoms with Crippen molar-refractivity contribution in [2.24, 2.45) is 0 Å². The molecule has 1 fully saturated rings. The van der Waals surface area contributed by atoms with Crippen molar-refractivity contribution in [3.63, 3.8) is 0 Å². The number of piperazine rings is 1. The number of carbonyl (C=O) groups is 1. The Balaban J connectivity index is 1.74. The number of rotatable bonds is 4. The average Bonchev–Trinajstić information content (AvgIpc) is 2.63. The standard InChI is InChI=1S/C19H21ClN2O3/c1-25-19(24)18(14-3-2-4-15(20)13-14)22-11-9-21(10-12-22)16-5-7-17(23)8-6-16/h2-8,13,18,23H,9-12H2,1H3. The van der Waals surface area contributed by atoms with E-state index in [1.165, 1.54) is 7.11 Å². The third-order valence-corrected chi connectivity index (χ3v) is 4.72. The lowest BCUT2D eigenvalue weighted by Gasteiger charge is -2.39. The molecule has 0 aromatic heterocycles. The number of esters is 1. The second kappa shape index (κ2) is 7.76. The van der Waals surface area contributed by atoms with E-state index in [0.717, 1.165) is 37.4 Å². The number of ether oxygens (including phenoxy) is 1. The first-order valence-electron chi connectivity index (χ1n) is 8.20. The van der Waals surface area contributed by atoms with Gasteiger partial charge in [0.2, 0.25) is 0 Å². The molecule has 0 radical (unpaired) electrons. The van der Waals surface area contributed by atoms with Crippen molar-refractivity contribution in [3.8, 4) is 5.75 Å². The molecule has 2 aromatic carbocycles. The Morgan fingerprint density at radius 2 is 1.80 bits per heavy atom. The zero-order chi connectivity index (χ0) is 17.8. The van der Waals surface area contributed by atoms with Gasteiger partial charge < -0.3 is 14.7 Å². The molecular weight excluding hydrogens is 340 g/mol. The predicted octanol–water partition coefficient (Wildman–Crippen LogP) is 3.08. The van der Waals surface area contributed by atoms with E-state index in [4.69, 9.17) is 16.3 Å². The molecule has 0 spiro atoms. The van der Waals surface area contributed by atoms with Crippen LogP contribution in [0.3, 0.4) is 0 Å². The number of halogens is 1. The van der Waals surface area contributed by atoms with Gasteiger partial charge in [0.15, 0.2) is 0 Å². The van der Waals surface area contributed by atoms with Gasteiger partial charge >= 0.3 is 5.97 Å². The first-order valence-corrected chi connectivity index (χ1v) is 8.57. The number of benzene rings is 2. The number of phenols is 1. The minimum Gasteiger partial charge on any atom is -0.508 e. The fraction of sp³-hybridized carbons (Fsp3) is 0.316. The lowest BCUT2D eigenvalue weighted by molar-refractivity contribution is -0.147. The van der Waals surface area contributed by atoms with Crippen LogP contribution >= 0.6 is 11.6 Å². The van der Waals surface area contributed by atoms with E-state index in [2.05, 4.69) is 9.80 Å². The summed E-state index contributed by atoms with van der Waals surface area (Å²) in [4.78, 5) is 16.7. The molecule has 1 unspecified atom stereocenters. The molecule has 0 bridgehead atoms. The fourth-order valence-corrected chi connectivity index (χ4v) is 3.38. The maximum atomic E-state index is 12.4. The van der Waals surface area contributed by atoms with Crippen LogP contribution in [0, 0.1) is 0 Å². The van der Waals surface area contributed by atoms with E-state index in [1.807, 2.05) is 30.3 Å². The predicted molar refractivity (Wildman–Crippen MR) is 98.1 cm³/mol. The van der Waals surface area contributed by atoms with Crippen molar-refractivity contribution >= 4 is 23.3 Å². The quantitative estimate of drug-likeness (QED) is 0.849. The zero-order valence-corrected chi connectivity index (χ0v) is 14.8. The molecule has 2 aromatic rings. The Labute approximate surface area is 152 Å². The molecule has 0 amide bonds. The molecule has 1 atom stereocenters. The van der Waals surface area contributed by atoms with E-state index >= 15 is 0 Å². The summed E-state index contributed by atoms with van der Waals surface area (Å²) in [7, 11) is 1.41. The smallest absolute Gasteiger partial charge is 0.327 e. The molecule has 25 heavy (non-hydrogen) atoms. The first kappa shape index (κ1) is 17.6. The molecule has 0 aliphatic carbocycles. The largest absolute Gasteiger partial charge is 0.508 e. The SMILES string of the molecule is COC(=O)C(c1cccc(Cl)c1)N1CCN(c2ccc(O)cc2)CC1. The third kappa shape index (κ3) is 4.06. The monoisotopic (exact) mass is 360 g/mol. The van der Waals surface area contributed by atoms with E-state index in [0.29, 0.717) is 5.02 Å². The van der Waals surface area contributed by atoms with Crippen molar-refractivity contribution in [1.29, 1.82) is 0 Å². The molecule has 132 valence electrons. The number of nitrogens with zero attached hydrogens (tertiary/aromatic N) is 2. The topological polar surface area (TPSA) is 53.0 Å². The summed E-state index contributed by atoms with van der Waals surface area (Å²) >= 11 is 6.09. The van der Waals surface area contributed by atoms with Crippen molar-refractivity contribution in [2.45, 2.75) is 6.04 Å². The third-order valence-electron chi connectivity index (χ3n) is 4.48. The highest BCUT2D eigenvalue weighted by molar-refractivity contribution is 6.30. The Bertz CT molecular complexity index is 728. The fourth-order valence-electron chi connectivity index (χ4n) is 3.19. The molecule has 1 N–H and O–H groups in total. The van der Waals surface area contributed by atoms with E-state index in [9.17, 15) is 9.90 Å². The van der Waals surface area contributed by atoms with Crippen LogP contribution in [-0.4, -0.2) is 49.3 Å². The van der Waals surface area contributed by atoms with Gasteiger partial charge in [0, 0.05) is 36.9 Å². The van der Waals surface area contributed by atoms with Crippen molar-refractivity contribution in [2.75, 3.05) is 38.2 Å². The summed E-state index contributed by atoms with van der Waals surface area (Å²) in [5.41, 5.74) is 1.91. The van der Waals surface area contributed by atoms with Crippen molar-refractivity contribution in [1.82, 2.24) is 4.90 Å². The first-order chi connectivity index (χ1) is 12.1. The molecule has 1 heterocycles. The van der Waals surface area contributed by atoms with Crippen LogP contribution in [-0.2, 0) is 9.53 Å². The van der Waals surface area contributed by atoms with Gasteiger partial charge in [0.25, 0.3) is 0 Å². The van der Waals surface area contributed by atoms with Gasteiger partial charge in [-0.2, -0.15) is 0 Å². The molecule has 0 saturated carbocycles.